The van der Waals surface area contributed by atoms with Crippen molar-refractivity contribution in [2.75, 3.05) is 31.6 Å². The van der Waals surface area contributed by atoms with E-state index in [4.69, 9.17) is 4.74 Å². The van der Waals surface area contributed by atoms with Gasteiger partial charge < -0.3 is 15.4 Å². The summed E-state index contributed by atoms with van der Waals surface area (Å²) in [6, 6.07) is 4.46. The molecule has 1 amide bonds. The topological polar surface area (TPSA) is 50.4 Å². The largest absolute Gasteiger partial charge is 0.382 e. The summed E-state index contributed by atoms with van der Waals surface area (Å²) >= 11 is 0. The van der Waals surface area contributed by atoms with Crippen molar-refractivity contribution in [3.63, 3.8) is 0 Å². The molecule has 0 bridgehead atoms. The third-order valence-electron chi connectivity index (χ3n) is 2.59. The van der Waals surface area contributed by atoms with Crippen molar-refractivity contribution in [2.24, 2.45) is 5.92 Å². The van der Waals surface area contributed by atoms with Crippen LogP contribution in [0.15, 0.2) is 18.2 Å². The maximum atomic E-state index is 13.7. The predicted molar refractivity (Wildman–Crippen MR) is 78.6 cm³/mol. The quantitative estimate of drug-likeness (QED) is 0.721. The molecule has 0 aliphatic rings. The summed E-state index contributed by atoms with van der Waals surface area (Å²) in [5.74, 6) is -0.251. The molecule has 20 heavy (non-hydrogen) atoms. The number of hydrogen-bond donors (Lipinski definition) is 2. The van der Waals surface area contributed by atoms with E-state index >= 15 is 0 Å². The highest BCUT2D eigenvalue weighted by molar-refractivity contribution is 5.99. The maximum absolute atomic E-state index is 13.7. The highest BCUT2D eigenvalue weighted by atomic mass is 19.1. The van der Waals surface area contributed by atoms with Crippen molar-refractivity contribution in [1.29, 1.82) is 0 Å². The third-order valence-corrected chi connectivity index (χ3v) is 2.59. The molecule has 0 aliphatic heterocycles. The van der Waals surface area contributed by atoms with Crippen LogP contribution in [0.5, 0.6) is 0 Å². The van der Waals surface area contributed by atoms with Crippen LogP contribution in [0.1, 0.15) is 31.1 Å². The van der Waals surface area contributed by atoms with Crippen molar-refractivity contribution < 1.29 is 13.9 Å². The lowest BCUT2D eigenvalue weighted by atomic mass is 10.1. The molecule has 0 spiro atoms. The first-order valence-electron chi connectivity index (χ1n) is 6.94. The molecule has 0 fully saturated rings. The molecule has 0 aliphatic carbocycles. The molecule has 1 aromatic carbocycles. The molecule has 5 heteroatoms. The number of carbonyl (C=O) groups excluding carboxylic acids is 1. The van der Waals surface area contributed by atoms with E-state index < -0.39 is 5.82 Å². The summed E-state index contributed by atoms with van der Waals surface area (Å²) < 4.78 is 19.0. The zero-order chi connectivity index (χ0) is 15.0. The molecule has 1 aromatic rings. The monoisotopic (exact) mass is 282 g/mol. The first-order valence-corrected chi connectivity index (χ1v) is 6.94. The van der Waals surface area contributed by atoms with E-state index in [0.717, 1.165) is 0 Å². The fourth-order valence-electron chi connectivity index (χ4n) is 1.72. The molecule has 2 N–H and O–H groups in total. The number of para-hydroxylation sites is 1. The molecule has 112 valence electrons. The summed E-state index contributed by atoms with van der Waals surface area (Å²) in [5, 5.41) is 5.60. The number of halogens is 1. The zero-order valence-corrected chi connectivity index (χ0v) is 12.3. The highest BCUT2D eigenvalue weighted by Gasteiger charge is 2.13. The SMILES string of the molecule is CCNc1c(F)cccc1C(=O)NCCOCC(C)C. The first-order chi connectivity index (χ1) is 9.56. The smallest absolute Gasteiger partial charge is 0.253 e. The summed E-state index contributed by atoms with van der Waals surface area (Å²) in [6.45, 7) is 8.07. The molecule has 0 aromatic heterocycles. The van der Waals surface area contributed by atoms with Crippen LogP contribution in [0, 0.1) is 11.7 Å². The van der Waals surface area contributed by atoms with Crippen molar-refractivity contribution in [3.8, 4) is 0 Å². The van der Waals surface area contributed by atoms with Crippen molar-refractivity contribution in [3.05, 3.63) is 29.6 Å². The van der Waals surface area contributed by atoms with Crippen LogP contribution in [-0.4, -0.2) is 32.2 Å². The number of benzene rings is 1. The van der Waals surface area contributed by atoms with E-state index in [1.165, 1.54) is 12.1 Å². The lowest BCUT2D eigenvalue weighted by Gasteiger charge is -2.12. The first kappa shape index (κ1) is 16.4. The van der Waals surface area contributed by atoms with Crippen molar-refractivity contribution in [2.45, 2.75) is 20.8 Å². The number of amides is 1. The Labute approximate surface area is 119 Å². The predicted octanol–water partition coefficient (Wildman–Crippen LogP) is 2.66. The van der Waals surface area contributed by atoms with Crippen LogP contribution in [0.4, 0.5) is 10.1 Å². The average molecular weight is 282 g/mol. The van der Waals surface area contributed by atoms with Crippen LogP contribution < -0.4 is 10.6 Å². The standard InChI is InChI=1S/C15H23FN2O2/c1-4-17-14-12(6-5-7-13(14)16)15(19)18-8-9-20-10-11(2)3/h5-7,11,17H,4,8-10H2,1-3H3,(H,18,19). The van der Waals surface area contributed by atoms with E-state index in [1.54, 1.807) is 6.07 Å². The van der Waals surface area contributed by atoms with Gasteiger partial charge in [-0.1, -0.05) is 19.9 Å². The molecule has 4 nitrogen and oxygen atoms in total. The second kappa shape index (κ2) is 8.53. The van der Waals surface area contributed by atoms with Crippen LogP contribution in [0.3, 0.4) is 0 Å². The van der Waals surface area contributed by atoms with Gasteiger partial charge in [0.2, 0.25) is 0 Å². The maximum Gasteiger partial charge on any atom is 0.253 e. The number of nitrogens with one attached hydrogen (secondary N) is 2. The Morgan fingerprint density at radius 1 is 1.40 bits per heavy atom. The number of carbonyl (C=O) groups is 1. The molecule has 1 rings (SSSR count). The second-order valence-electron chi connectivity index (χ2n) is 4.92. The van der Waals surface area contributed by atoms with E-state index in [-0.39, 0.29) is 11.6 Å². The fourth-order valence-corrected chi connectivity index (χ4v) is 1.72. The summed E-state index contributed by atoms with van der Waals surface area (Å²) in [6.07, 6.45) is 0. The van der Waals surface area contributed by atoms with Crippen LogP contribution in [0.25, 0.3) is 0 Å². The van der Waals surface area contributed by atoms with E-state index in [0.29, 0.717) is 37.8 Å². The molecule has 0 atom stereocenters. The minimum atomic E-state index is -0.421. The summed E-state index contributed by atoms with van der Waals surface area (Å²) in [7, 11) is 0. The van der Waals surface area contributed by atoms with Gasteiger partial charge in [-0.3, -0.25) is 4.79 Å². The normalized spacial score (nSPS) is 10.7. The Balaban J connectivity index is 2.53. The molecule has 0 radical (unpaired) electrons. The van der Waals surface area contributed by atoms with E-state index in [1.807, 2.05) is 6.92 Å². The molecule has 0 saturated heterocycles. The van der Waals surface area contributed by atoms with Crippen LogP contribution in [0.2, 0.25) is 0 Å². The minimum Gasteiger partial charge on any atom is -0.382 e. The van der Waals surface area contributed by atoms with Gasteiger partial charge in [0.15, 0.2) is 0 Å². The van der Waals surface area contributed by atoms with Crippen molar-refractivity contribution in [1.82, 2.24) is 5.32 Å². The van der Waals surface area contributed by atoms with Gasteiger partial charge in [0.1, 0.15) is 5.82 Å². The van der Waals surface area contributed by atoms with Gasteiger partial charge in [-0.15, -0.1) is 0 Å². The lowest BCUT2D eigenvalue weighted by molar-refractivity contribution is 0.0886. The van der Waals surface area contributed by atoms with Gasteiger partial charge in [-0.2, -0.15) is 0 Å². The highest BCUT2D eigenvalue weighted by Crippen LogP contribution is 2.19. The Bertz CT molecular complexity index is 436. The summed E-state index contributed by atoms with van der Waals surface area (Å²) in [5.41, 5.74) is 0.561. The molecule has 0 heterocycles. The van der Waals surface area contributed by atoms with Crippen molar-refractivity contribution >= 4 is 11.6 Å². The summed E-state index contributed by atoms with van der Waals surface area (Å²) in [4.78, 5) is 12.0. The van der Waals surface area contributed by atoms with Gasteiger partial charge in [-0.05, 0) is 25.0 Å². The van der Waals surface area contributed by atoms with Crippen LogP contribution >= 0.6 is 0 Å². The fraction of sp³-hybridized carbons (Fsp3) is 0.533. The van der Waals surface area contributed by atoms with Gasteiger partial charge in [0.25, 0.3) is 5.91 Å². The minimum absolute atomic E-state index is 0.246. The Morgan fingerprint density at radius 3 is 2.80 bits per heavy atom. The van der Waals surface area contributed by atoms with Crippen LogP contribution in [-0.2, 0) is 4.74 Å². The Morgan fingerprint density at radius 2 is 2.15 bits per heavy atom. The van der Waals surface area contributed by atoms with Gasteiger partial charge in [0, 0.05) is 19.7 Å². The third kappa shape index (κ3) is 5.17. The average Bonchev–Trinajstić information content (AvgIpc) is 2.40. The Kier molecular flexibility index (Phi) is 7.01. The molecular formula is C15H23FN2O2. The second-order valence-corrected chi connectivity index (χ2v) is 4.92. The van der Waals surface area contributed by atoms with Gasteiger partial charge in [-0.25, -0.2) is 4.39 Å². The number of hydrogen-bond acceptors (Lipinski definition) is 3. The van der Waals surface area contributed by atoms with Gasteiger partial charge >= 0.3 is 0 Å². The molecular weight excluding hydrogens is 259 g/mol. The lowest BCUT2D eigenvalue weighted by Crippen LogP contribution is -2.28. The molecule has 0 saturated carbocycles. The van der Waals surface area contributed by atoms with E-state index in [9.17, 15) is 9.18 Å². The van der Waals surface area contributed by atoms with Gasteiger partial charge in [0.05, 0.1) is 17.9 Å². The van der Waals surface area contributed by atoms with E-state index in [2.05, 4.69) is 24.5 Å². The number of ether oxygens (including phenoxy) is 1. The molecule has 0 unspecified atom stereocenters. The Hall–Kier alpha value is -1.62. The number of anilines is 1. The zero-order valence-electron chi connectivity index (χ0n) is 12.3. The number of rotatable bonds is 8.